The Balaban J connectivity index is 1.64. The van der Waals surface area contributed by atoms with E-state index in [9.17, 15) is 4.79 Å². The number of nitrogen functional groups attached to an aromatic ring is 1. The number of piperazine rings is 1. The molecule has 1 atom stereocenters. The van der Waals surface area contributed by atoms with Gasteiger partial charge in [0.1, 0.15) is 5.69 Å². The summed E-state index contributed by atoms with van der Waals surface area (Å²) in [6, 6.07) is 6.22. The molecule has 1 unspecified atom stereocenters. The van der Waals surface area contributed by atoms with Crippen molar-refractivity contribution in [1.29, 1.82) is 0 Å². The van der Waals surface area contributed by atoms with Crippen LogP contribution in [-0.4, -0.2) is 52.9 Å². The predicted octanol–water partition coefficient (Wildman–Crippen LogP) is -0.0349. The van der Waals surface area contributed by atoms with Crippen molar-refractivity contribution in [3.63, 3.8) is 0 Å². The molecule has 3 heterocycles. The van der Waals surface area contributed by atoms with Gasteiger partial charge in [0, 0.05) is 32.2 Å². The van der Waals surface area contributed by atoms with Crippen molar-refractivity contribution < 1.29 is 4.79 Å². The molecule has 3 N–H and O–H groups in total. The smallest absolute Gasteiger partial charge is 0.283 e. The summed E-state index contributed by atoms with van der Waals surface area (Å²) in [6.07, 6.45) is 2.63. The van der Waals surface area contributed by atoms with Gasteiger partial charge in [-0.15, -0.1) is 0 Å². The summed E-state index contributed by atoms with van der Waals surface area (Å²) in [5.74, 6) is 4.80. The molecule has 0 spiro atoms. The Morgan fingerprint density at radius 3 is 3.15 bits per heavy atom. The zero-order chi connectivity index (χ0) is 13.9. The number of hydrazine groups is 1. The molecule has 6 nitrogen and oxygen atoms in total. The van der Waals surface area contributed by atoms with Crippen molar-refractivity contribution in [3.05, 3.63) is 29.6 Å². The average Bonchev–Trinajstić information content (AvgIpc) is 2.94. The average molecular weight is 275 g/mol. The number of amides is 1. The van der Waals surface area contributed by atoms with E-state index in [1.807, 2.05) is 12.1 Å². The Morgan fingerprint density at radius 2 is 2.30 bits per heavy atom. The van der Waals surface area contributed by atoms with Gasteiger partial charge >= 0.3 is 0 Å². The number of hydrogen-bond acceptors (Lipinski definition) is 5. The van der Waals surface area contributed by atoms with Crippen molar-refractivity contribution in [2.24, 2.45) is 5.84 Å². The molecule has 1 amide bonds. The number of rotatable bonds is 3. The van der Waals surface area contributed by atoms with E-state index >= 15 is 0 Å². The highest BCUT2D eigenvalue weighted by atomic mass is 16.2. The summed E-state index contributed by atoms with van der Waals surface area (Å²) in [5.41, 5.74) is 3.43. The zero-order valence-electron chi connectivity index (χ0n) is 11.6. The van der Waals surface area contributed by atoms with E-state index in [1.165, 1.54) is 19.4 Å². The molecule has 6 heteroatoms. The van der Waals surface area contributed by atoms with Crippen LogP contribution in [0.3, 0.4) is 0 Å². The molecule has 2 saturated heterocycles. The van der Waals surface area contributed by atoms with Gasteiger partial charge in [0.2, 0.25) is 0 Å². The van der Waals surface area contributed by atoms with E-state index in [0.717, 1.165) is 31.9 Å². The fourth-order valence-corrected chi connectivity index (χ4v) is 3.20. The summed E-state index contributed by atoms with van der Waals surface area (Å²) >= 11 is 0. The second-order valence-electron chi connectivity index (χ2n) is 5.55. The lowest BCUT2D eigenvalue weighted by Gasteiger charge is -2.37. The first-order chi connectivity index (χ1) is 9.76. The van der Waals surface area contributed by atoms with Gasteiger partial charge in [-0.1, -0.05) is 6.07 Å². The monoisotopic (exact) mass is 275 g/mol. The Bertz CT molecular complexity index is 492. The van der Waals surface area contributed by atoms with Crippen molar-refractivity contribution in [2.45, 2.75) is 25.4 Å². The first kappa shape index (κ1) is 13.5. The molecule has 0 aromatic carbocycles. The quantitative estimate of drug-likeness (QED) is 0.460. The highest BCUT2D eigenvalue weighted by Gasteiger charge is 2.30. The van der Waals surface area contributed by atoms with Crippen molar-refractivity contribution in [1.82, 2.24) is 20.2 Å². The van der Waals surface area contributed by atoms with Crippen LogP contribution in [0.4, 0.5) is 0 Å². The van der Waals surface area contributed by atoms with Gasteiger partial charge in [-0.05, 0) is 31.5 Å². The second-order valence-corrected chi connectivity index (χ2v) is 5.55. The lowest BCUT2D eigenvalue weighted by Crippen LogP contribution is -2.49. The molecule has 0 radical (unpaired) electrons. The largest absolute Gasteiger partial charge is 0.298 e. The maximum atomic E-state index is 11.5. The molecule has 1 aromatic heterocycles. The van der Waals surface area contributed by atoms with E-state index in [0.29, 0.717) is 11.7 Å². The maximum absolute atomic E-state index is 11.5. The number of fused-ring (bicyclic) bond motifs is 1. The van der Waals surface area contributed by atoms with E-state index in [-0.39, 0.29) is 5.91 Å². The molecule has 0 bridgehead atoms. The van der Waals surface area contributed by atoms with Crippen molar-refractivity contribution in [2.75, 3.05) is 26.2 Å². The number of nitrogens with one attached hydrogen (secondary N) is 1. The molecule has 2 fully saturated rings. The molecule has 3 rings (SSSR count). The molecule has 108 valence electrons. The van der Waals surface area contributed by atoms with Crippen LogP contribution in [0.25, 0.3) is 0 Å². The number of hydrogen-bond donors (Lipinski definition) is 2. The van der Waals surface area contributed by atoms with Crippen LogP contribution in [0.15, 0.2) is 18.2 Å². The number of pyridine rings is 1. The van der Waals surface area contributed by atoms with Crippen LogP contribution in [0.5, 0.6) is 0 Å². The minimum absolute atomic E-state index is 0.340. The number of aromatic nitrogens is 1. The van der Waals surface area contributed by atoms with E-state index in [1.54, 1.807) is 6.07 Å². The summed E-state index contributed by atoms with van der Waals surface area (Å²) in [6.45, 7) is 5.38. The van der Waals surface area contributed by atoms with Crippen LogP contribution in [0.1, 0.15) is 29.0 Å². The molecule has 0 saturated carbocycles. The van der Waals surface area contributed by atoms with Gasteiger partial charge in [-0.2, -0.15) is 0 Å². The number of carbonyl (C=O) groups excluding carboxylic acids is 1. The lowest BCUT2D eigenvalue weighted by molar-refractivity contribution is 0.0941. The van der Waals surface area contributed by atoms with Crippen LogP contribution >= 0.6 is 0 Å². The van der Waals surface area contributed by atoms with Gasteiger partial charge in [-0.3, -0.25) is 20.0 Å². The van der Waals surface area contributed by atoms with Crippen LogP contribution in [0, 0.1) is 0 Å². The molecular weight excluding hydrogens is 254 g/mol. The Hall–Kier alpha value is -1.50. The second kappa shape index (κ2) is 5.87. The Morgan fingerprint density at radius 1 is 1.40 bits per heavy atom. The van der Waals surface area contributed by atoms with Gasteiger partial charge in [0.15, 0.2) is 0 Å². The molecule has 2 aliphatic heterocycles. The molecule has 0 aliphatic carbocycles. The van der Waals surface area contributed by atoms with Crippen molar-refractivity contribution >= 4 is 5.91 Å². The summed E-state index contributed by atoms with van der Waals surface area (Å²) in [7, 11) is 0. The topological polar surface area (TPSA) is 74.5 Å². The Kier molecular flexibility index (Phi) is 3.95. The van der Waals surface area contributed by atoms with Crippen LogP contribution < -0.4 is 11.3 Å². The third-order valence-electron chi connectivity index (χ3n) is 4.23. The summed E-state index contributed by atoms with van der Waals surface area (Å²) in [5, 5.41) is 0. The van der Waals surface area contributed by atoms with E-state index in [2.05, 4.69) is 20.2 Å². The third kappa shape index (κ3) is 2.82. The normalized spacial score (nSPS) is 23.6. The van der Waals surface area contributed by atoms with Crippen molar-refractivity contribution in [3.8, 4) is 0 Å². The van der Waals surface area contributed by atoms with Gasteiger partial charge in [0.05, 0.1) is 5.69 Å². The zero-order valence-corrected chi connectivity index (χ0v) is 11.6. The van der Waals surface area contributed by atoms with Gasteiger partial charge in [0.25, 0.3) is 5.91 Å². The number of nitrogens with two attached hydrogens (primary N) is 1. The first-order valence-electron chi connectivity index (χ1n) is 7.19. The molecule has 1 aromatic rings. The van der Waals surface area contributed by atoms with Crippen LogP contribution in [0.2, 0.25) is 0 Å². The molecule has 20 heavy (non-hydrogen) atoms. The minimum atomic E-state index is -0.340. The SMILES string of the molecule is NNC(=O)c1cccc(CN2CCN3CCCC3C2)n1. The van der Waals surface area contributed by atoms with Crippen LogP contribution in [-0.2, 0) is 6.54 Å². The Labute approximate surface area is 118 Å². The third-order valence-corrected chi connectivity index (χ3v) is 4.23. The lowest BCUT2D eigenvalue weighted by atomic mass is 10.1. The molecule has 2 aliphatic rings. The predicted molar refractivity (Wildman–Crippen MR) is 75.8 cm³/mol. The highest BCUT2D eigenvalue weighted by Crippen LogP contribution is 2.22. The molecular formula is C14H21N5O. The fraction of sp³-hybridized carbons (Fsp3) is 0.571. The first-order valence-corrected chi connectivity index (χ1v) is 7.19. The van der Waals surface area contributed by atoms with E-state index in [4.69, 9.17) is 5.84 Å². The maximum Gasteiger partial charge on any atom is 0.283 e. The standard InChI is InChI=1S/C14H21N5O/c15-17-14(20)13-5-1-3-11(16-13)9-18-7-8-19-6-2-4-12(19)10-18/h1,3,5,12H,2,4,6-10,15H2,(H,17,20). The summed E-state index contributed by atoms with van der Waals surface area (Å²) in [4.78, 5) is 20.9. The number of nitrogens with zero attached hydrogens (tertiary/aromatic N) is 3. The number of carbonyl (C=O) groups is 1. The fourth-order valence-electron chi connectivity index (χ4n) is 3.20. The van der Waals surface area contributed by atoms with Gasteiger partial charge < -0.3 is 0 Å². The van der Waals surface area contributed by atoms with E-state index < -0.39 is 0 Å². The highest BCUT2D eigenvalue weighted by molar-refractivity contribution is 5.91. The minimum Gasteiger partial charge on any atom is -0.298 e. The van der Waals surface area contributed by atoms with Gasteiger partial charge in [-0.25, -0.2) is 10.8 Å². The summed E-state index contributed by atoms with van der Waals surface area (Å²) < 4.78 is 0.